The van der Waals surface area contributed by atoms with Gasteiger partial charge in [-0.3, -0.25) is 0 Å². The van der Waals surface area contributed by atoms with Gasteiger partial charge in [0.2, 0.25) is 5.88 Å². The SMILES string of the molecule is COc1ncnc2c1NCCCS2. The third kappa shape index (κ3) is 1.70. The van der Waals surface area contributed by atoms with Crippen molar-refractivity contribution in [3.8, 4) is 5.88 Å². The molecular formula is C8H11N3OS. The molecule has 0 fully saturated rings. The first-order valence-electron chi connectivity index (χ1n) is 4.17. The van der Waals surface area contributed by atoms with Crippen LogP contribution in [0.5, 0.6) is 5.88 Å². The molecule has 1 aromatic rings. The quantitative estimate of drug-likeness (QED) is 0.689. The van der Waals surface area contributed by atoms with E-state index in [9.17, 15) is 0 Å². The average molecular weight is 197 g/mol. The number of hydrogen-bond donors (Lipinski definition) is 1. The summed E-state index contributed by atoms with van der Waals surface area (Å²) in [5.74, 6) is 1.74. The predicted molar refractivity (Wildman–Crippen MR) is 52.4 cm³/mol. The molecule has 0 bridgehead atoms. The molecule has 0 spiro atoms. The Bertz CT molecular complexity index is 305. The van der Waals surface area contributed by atoms with Crippen LogP contribution < -0.4 is 10.1 Å². The van der Waals surface area contributed by atoms with E-state index in [0.717, 1.165) is 29.4 Å². The van der Waals surface area contributed by atoms with E-state index in [0.29, 0.717) is 5.88 Å². The molecule has 0 saturated heterocycles. The Morgan fingerprint density at radius 1 is 1.54 bits per heavy atom. The molecule has 5 heteroatoms. The second-order valence-electron chi connectivity index (χ2n) is 2.69. The van der Waals surface area contributed by atoms with Gasteiger partial charge in [-0.1, -0.05) is 0 Å². The predicted octanol–water partition coefficient (Wildman–Crippen LogP) is 1.39. The smallest absolute Gasteiger partial charge is 0.241 e. The molecule has 0 amide bonds. The summed E-state index contributed by atoms with van der Waals surface area (Å²) in [6, 6.07) is 0. The van der Waals surface area contributed by atoms with Gasteiger partial charge in [0, 0.05) is 12.3 Å². The third-order valence-electron chi connectivity index (χ3n) is 1.83. The third-order valence-corrected chi connectivity index (χ3v) is 2.91. The fourth-order valence-electron chi connectivity index (χ4n) is 1.22. The number of nitrogens with zero attached hydrogens (tertiary/aromatic N) is 2. The van der Waals surface area contributed by atoms with Gasteiger partial charge in [-0.2, -0.15) is 4.98 Å². The molecular weight excluding hydrogens is 186 g/mol. The van der Waals surface area contributed by atoms with Gasteiger partial charge in [-0.25, -0.2) is 4.98 Å². The molecule has 0 aliphatic carbocycles. The zero-order valence-corrected chi connectivity index (χ0v) is 8.23. The number of thioether (sulfide) groups is 1. The van der Waals surface area contributed by atoms with Crippen molar-refractivity contribution in [2.75, 3.05) is 24.7 Å². The van der Waals surface area contributed by atoms with Crippen molar-refractivity contribution >= 4 is 17.4 Å². The van der Waals surface area contributed by atoms with Crippen molar-refractivity contribution in [2.45, 2.75) is 11.4 Å². The van der Waals surface area contributed by atoms with Crippen molar-refractivity contribution in [1.82, 2.24) is 9.97 Å². The molecule has 0 saturated carbocycles. The summed E-state index contributed by atoms with van der Waals surface area (Å²) in [6.07, 6.45) is 2.68. The fraction of sp³-hybridized carbons (Fsp3) is 0.500. The van der Waals surface area contributed by atoms with Crippen LogP contribution >= 0.6 is 11.8 Å². The lowest BCUT2D eigenvalue weighted by Gasteiger charge is -2.08. The molecule has 0 atom stereocenters. The average Bonchev–Trinajstić information content (AvgIpc) is 2.41. The number of nitrogens with one attached hydrogen (secondary N) is 1. The number of methoxy groups -OCH3 is 1. The lowest BCUT2D eigenvalue weighted by molar-refractivity contribution is 0.397. The maximum atomic E-state index is 5.14. The van der Waals surface area contributed by atoms with Gasteiger partial charge in [0.15, 0.2) is 0 Å². The lowest BCUT2D eigenvalue weighted by atomic mass is 10.4. The Labute approximate surface area is 81.1 Å². The number of anilines is 1. The molecule has 1 aliphatic heterocycles. The molecule has 0 unspecified atom stereocenters. The first-order chi connectivity index (χ1) is 6.42. The van der Waals surface area contributed by atoms with Crippen LogP contribution in [0, 0.1) is 0 Å². The number of hydrogen-bond acceptors (Lipinski definition) is 5. The van der Waals surface area contributed by atoms with E-state index in [-0.39, 0.29) is 0 Å². The molecule has 1 aromatic heterocycles. The molecule has 1 aliphatic rings. The highest BCUT2D eigenvalue weighted by Gasteiger charge is 2.14. The van der Waals surface area contributed by atoms with Gasteiger partial charge in [0.25, 0.3) is 0 Å². The summed E-state index contributed by atoms with van der Waals surface area (Å²) in [6.45, 7) is 0.962. The minimum absolute atomic E-state index is 0.638. The van der Waals surface area contributed by atoms with E-state index < -0.39 is 0 Å². The van der Waals surface area contributed by atoms with Crippen LogP contribution in [0.1, 0.15) is 6.42 Å². The van der Waals surface area contributed by atoms with Gasteiger partial charge in [-0.15, -0.1) is 11.8 Å². The summed E-state index contributed by atoms with van der Waals surface area (Å²) >= 11 is 1.75. The van der Waals surface area contributed by atoms with E-state index >= 15 is 0 Å². The van der Waals surface area contributed by atoms with Gasteiger partial charge in [-0.05, 0) is 6.42 Å². The zero-order valence-electron chi connectivity index (χ0n) is 7.41. The molecule has 13 heavy (non-hydrogen) atoms. The largest absolute Gasteiger partial charge is 0.479 e. The number of ether oxygens (including phenoxy) is 1. The van der Waals surface area contributed by atoms with E-state index in [1.54, 1.807) is 18.9 Å². The molecule has 0 aromatic carbocycles. The Hall–Kier alpha value is -0.970. The second-order valence-corrected chi connectivity index (χ2v) is 3.78. The van der Waals surface area contributed by atoms with Gasteiger partial charge >= 0.3 is 0 Å². The Morgan fingerprint density at radius 2 is 2.46 bits per heavy atom. The van der Waals surface area contributed by atoms with Crippen LogP contribution in [0.25, 0.3) is 0 Å². The Balaban J connectivity index is 2.40. The molecule has 70 valence electrons. The first-order valence-corrected chi connectivity index (χ1v) is 5.16. The first kappa shape index (κ1) is 8.62. The normalized spacial score (nSPS) is 15.5. The minimum atomic E-state index is 0.638. The standard InChI is InChI=1S/C8H11N3OS/c1-12-7-6-8(11-5-10-7)13-4-2-3-9-6/h5,9H,2-4H2,1H3. The highest BCUT2D eigenvalue weighted by atomic mass is 32.2. The number of rotatable bonds is 1. The number of aromatic nitrogens is 2. The van der Waals surface area contributed by atoms with Crippen LogP contribution in [0.2, 0.25) is 0 Å². The van der Waals surface area contributed by atoms with Gasteiger partial charge in [0.05, 0.1) is 7.11 Å². The summed E-state index contributed by atoms with van der Waals surface area (Å²) in [4.78, 5) is 8.24. The second kappa shape index (κ2) is 3.83. The fourth-order valence-corrected chi connectivity index (χ4v) is 2.13. The highest BCUT2D eigenvalue weighted by Crippen LogP contribution is 2.33. The van der Waals surface area contributed by atoms with E-state index in [1.165, 1.54) is 6.33 Å². The van der Waals surface area contributed by atoms with Crippen LogP contribution in [0.3, 0.4) is 0 Å². The van der Waals surface area contributed by atoms with E-state index in [2.05, 4.69) is 15.3 Å². The van der Waals surface area contributed by atoms with Gasteiger partial charge in [0.1, 0.15) is 17.0 Å². The molecule has 0 radical (unpaired) electrons. The monoisotopic (exact) mass is 197 g/mol. The summed E-state index contributed by atoms with van der Waals surface area (Å²) < 4.78 is 5.14. The van der Waals surface area contributed by atoms with Crippen LogP contribution in [-0.2, 0) is 0 Å². The molecule has 2 rings (SSSR count). The zero-order chi connectivity index (χ0) is 9.10. The Kier molecular flexibility index (Phi) is 2.54. The van der Waals surface area contributed by atoms with Crippen LogP contribution in [-0.4, -0.2) is 29.4 Å². The number of fused-ring (bicyclic) bond motifs is 1. The van der Waals surface area contributed by atoms with Crippen molar-refractivity contribution in [3.05, 3.63) is 6.33 Å². The molecule has 2 heterocycles. The maximum Gasteiger partial charge on any atom is 0.241 e. The highest BCUT2D eigenvalue weighted by molar-refractivity contribution is 7.99. The van der Waals surface area contributed by atoms with Gasteiger partial charge < -0.3 is 10.1 Å². The summed E-state index contributed by atoms with van der Waals surface area (Å²) in [5, 5.41) is 4.26. The van der Waals surface area contributed by atoms with Crippen molar-refractivity contribution < 1.29 is 4.74 Å². The molecule has 1 N–H and O–H groups in total. The van der Waals surface area contributed by atoms with Crippen LogP contribution in [0.4, 0.5) is 5.69 Å². The minimum Gasteiger partial charge on any atom is -0.479 e. The van der Waals surface area contributed by atoms with E-state index in [1.807, 2.05) is 0 Å². The topological polar surface area (TPSA) is 47.0 Å². The van der Waals surface area contributed by atoms with Crippen molar-refractivity contribution in [3.63, 3.8) is 0 Å². The van der Waals surface area contributed by atoms with Crippen molar-refractivity contribution in [2.24, 2.45) is 0 Å². The summed E-state index contributed by atoms with van der Waals surface area (Å²) in [5.41, 5.74) is 0.938. The maximum absolute atomic E-state index is 5.14. The molecule has 4 nitrogen and oxygen atoms in total. The lowest BCUT2D eigenvalue weighted by Crippen LogP contribution is -2.03. The van der Waals surface area contributed by atoms with Crippen molar-refractivity contribution in [1.29, 1.82) is 0 Å². The van der Waals surface area contributed by atoms with E-state index in [4.69, 9.17) is 4.74 Å². The Morgan fingerprint density at radius 3 is 3.31 bits per heavy atom. The van der Waals surface area contributed by atoms with Crippen LogP contribution in [0.15, 0.2) is 11.4 Å². The summed E-state index contributed by atoms with van der Waals surface area (Å²) in [7, 11) is 1.62.